The largest absolute Gasteiger partial charge is 0.505 e. The van der Waals surface area contributed by atoms with Gasteiger partial charge in [-0.05, 0) is 193 Å². The number of terminal acetylenes is 1. The lowest BCUT2D eigenvalue weighted by Crippen LogP contribution is -2.45. The molecule has 53 heavy (non-hydrogen) atoms. The average Bonchev–Trinajstić information content (AvgIpc) is 3.10. The lowest BCUT2D eigenvalue weighted by Gasteiger charge is -2.54. The third kappa shape index (κ3) is 6.92. The summed E-state index contributed by atoms with van der Waals surface area (Å²) in [7, 11) is 0. The maximum absolute atomic E-state index is 13.8. The first-order valence-corrected chi connectivity index (χ1v) is 20.6. The van der Waals surface area contributed by atoms with Gasteiger partial charge in [0.15, 0.2) is 23.2 Å². The first-order chi connectivity index (χ1) is 25.5. The Labute approximate surface area is 313 Å². The van der Waals surface area contributed by atoms with E-state index in [0.717, 1.165) is 78.6 Å². The summed E-state index contributed by atoms with van der Waals surface area (Å²) < 4.78 is 54.1. The molecule has 2 aromatic carbocycles. The van der Waals surface area contributed by atoms with E-state index >= 15 is 0 Å². The third-order valence-corrected chi connectivity index (χ3v) is 15.4. The SMILES string of the molecule is C#CC12CC3CC(CC(C3)C1)C2.Fc1cccc(C#CC23CC4CC(CC(C4)C2)C3)c1F.Oc1ccc(C#CC23CC4CC(CC(C4)C2)C3)c(F)c1F. The Morgan fingerprint density at radius 1 is 0.472 bits per heavy atom. The van der Waals surface area contributed by atoms with Crippen LogP contribution in [0.2, 0.25) is 0 Å². The molecule has 0 aromatic heterocycles. The maximum atomic E-state index is 13.8. The summed E-state index contributed by atoms with van der Waals surface area (Å²) in [6.45, 7) is 0. The van der Waals surface area contributed by atoms with Crippen molar-refractivity contribution >= 4 is 0 Å². The van der Waals surface area contributed by atoms with Crippen LogP contribution in [-0.2, 0) is 0 Å². The molecule has 12 saturated carbocycles. The number of hydrogen-bond acceptors (Lipinski definition) is 1. The molecule has 2 aromatic rings. The van der Waals surface area contributed by atoms with Crippen molar-refractivity contribution in [2.24, 2.45) is 69.5 Å². The summed E-state index contributed by atoms with van der Waals surface area (Å²) in [6.07, 6.45) is 29.2. The predicted molar refractivity (Wildman–Crippen MR) is 199 cm³/mol. The Morgan fingerprint density at radius 2 is 0.830 bits per heavy atom. The van der Waals surface area contributed by atoms with E-state index in [4.69, 9.17) is 11.5 Å². The van der Waals surface area contributed by atoms with Crippen LogP contribution in [-0.4, -0.2) is 5.11 Å². The van der Waals surface area contributed by atoms with Crippen molar-refractivity contribution < 1.29 is 22.7 Å². The van der Waals surface area contributed by atoms with E-state index in [-0.39, 0.29) is 22.0 Å². The Morgan fingerprint density at radius 3 is 1.21 bits per heavy atom. The van der Waals surface area contributed by atoms with Crippen LogP contribution in [0, 0.1) is 129 Å². The van der Waals surface area contributed by atoms with Gasteiger partial charge < -0.3 is 5.11 Å². The van der Waals surface area contributed by atoms with E-state index in [1.54, 1.807) is 6.07 Å². The highest BCUT2D eigenvalue weighted by Gasteiger charge is 2.52. The summed E-state index contributed by atoms with van der Waals surface area (Å²) in [4.78, 5) is 0. The van der Waals surface area contributed by atoms with Crippen molar-refractivity contribution in [3.8, 4) is 41.8 Å². The maximum Gasteiger partial charge on any atom is 0.201 e. The second kappa shape index (κ2) is 13.4. The van der Waals surface area contributed by atoms with Crippen LogP contribution in [0.3, 0.4) is 0 Å². The van der Waals surface area contributed by atoms with Crippen LogP contribution in [0.25, 0.3) is 0 Å². The molecule has 0 aliphatic heterocycles. The fraction of sp³-hybridized carbons (Fsp3) is 0.625. The van der Waals surface area contributed by atoms with Gasteiger partial charge >= 0.3 is 0 Å². The minimum atomic E-state index is -1.20. The van der Waals surface area contributed by atoms with Gasteiger partial charge in [-0.25, -0.2) is 13.2 Å². The molecule has 0 unspecified atom stereocenters. The molecule has 14 rings (SSSR count). The monoisotopic (exact) mass is 720 g/mol. The number of halogens is 4. The Bertz CT molecular complexity index is 1820. The third-order valence-electron chi connectivity index (χ3n) is 15.4. The van der Waals surface area contributed by atoms with E-state index in [1.807, 2.05) is 0 Å². The molecule has 278 valence electrons. The first kappa shape index (κ1) is 35.3. The molecule has 12 fully saturated rings. The molecular weight excluding hydrogens is 669 g/mol. The molecule has 0 radical (unpaired) electrons. The highest BCUT2D eigenvalue weighted by Crippen LogP contribution is 2.62. The Hall–Kier alpha value is -3.36. The highest BCUT2D eigenvalue weighted by molar-refractivity contribution is 5.42. The zero-order chi connectivity index (χ0) is 36.5. The van der Waals surface area contributed by atoms with E-state index < -0.39 is 29.0 Å². The zero-order valence-electron chi connectivity index (χ0n) is 30.8. The van der Waals surface area contributed by atoms with Crippen molar-refractivity contribution in [3.63, 3.8) is 0 Å². The van der Waals surface area contributed by atoms with E-state index in [0.29, 0.717) is 5.41 Å². The standard InChI is InChI=1S/C18H18F2O.C18H18F2.C12H16/c19-16-14(1-2-15(21)17(16)20)3-4-18-8-11-5-12(9-18)7-13(6-11)10-18;19-16-3-1-2-15(17(16)20)4-5-18-9-12-6-13(10-18)8-14(7-12)11-18;1-2-12-6-9-3-10(7-12)5-11(4-9)8-12/h1-2,11-13,21H,5-10H2;1-3,12-14H,6-11H2;1,9-11H,3-8H2. The van der Waals surface area contributed by atoms with Gasteiger partial charge in [0.1, 0.15) is 0 Å². The van der Waals surface area contributed by atoms with E-state index in [2.05, 4.69) is 29.6 Å². The van der Waals surface area contributed by atoms with Crippen LogP contribution in [0.15, 0.2) is 30.3 Å². The van der Waals surface area contributed by atoms with Gasteiger partial charge in [-0.3, -0.25) is 0 Å². The Kier molecular flexibility index (Phi) is 8.96. The number of phenols is 1. The summed E-state index contributed by atoms with van der Waals surface area (Å²) in [6, 6.07) is 6.78. The molecule has 0 spiro atoms. The van der Waals surface area contributed by atoms with Crippen LogP contribution < -0.4 is 0 Å². The molecule has 5 heteroatoms. The second-order valence-electron chi connectivity index (χ2n) is 19.6. The number of aromatic hydroxyl groups is 1. The first-order valence-electron chi connectivity index (χ1n) is 20.6. The normalized spacial score (nSPS) is 41.2. The van der Waals surface area contributed by atoms with Crippen molar-refractivity contribution in [2.75, 3.05) is 0 Å². The molecule has 12 bridgehead atoms. The van der Waals surface area contributed by atoms with Crippen LogP contribution >= 0.6 is 0 Å². The molecule has 1 nitrogen and oxygen atoms in total. The van der Waals surface area contributed by atoms with Gasteiger partial charge in [-0.15, -0.1) is 6.42 Å². The fourth-order valence-corrected chi connectivity index (χ4v) is 14.5. The quantitative estimate of drug-likeness (QED) is 0.212. The van der Waals surface area contributed by atoms with E-state index in [1.165, 1.54) is 115 Å². The zero-order valence-corrected chi connectivity index (χ0v) is 30.8. The predicted octanol–water partition coefficient (Wildman–Crippen LogP) is 11.6. The Balaban J connectivity index is 0.000000109. The summed E-state index contributed by atoms with van der Waals surface area (Å²) >= 11 is 0. The topological polar surface area (TPSA) is 20.2 Å². The summed E-state index contributed by atoms with van der Waals surface area (Å²) in [5, 5.41) is 9.16. The molecule has 0 atom stereocenters. The smallest absolute Gasteiger partial charge is 0.201 e. The fourth-order valence-electron chi connectivity index (χ4n) is 14.5. The molecule has 0 amide bonds. The minimum Gasteiger partial charge on any atom is -0.505 e. The van der Waals surface area contributed by atoms with Crippen molar-refractivity contribution in [1.82, 2.24) is 0 Å². The molecule has 1 N–H and O–H groups in total. The van der Waals surface area contributed by atoms with Gasteiger partial charge in [0.2, 0.25) is 5.82 Å². The van der Waals surface area contributed by atoms with Crippen LogP contribution in [0.1, 0.15) is 127 Å². The number of rotatable bonds is 0. The lowest BCUT2D eigenvalue weighted by molar-refractivity contribution is -0.0182. The van der Waals surface area contributed by atoms with Crippen molar-refractivity contribution in [3.05, 3.63) is 64.7 Å². The van der Waals surface area contributed by atoms with Crippen molar-refractivity contribution in [1.29, 1.82) is 0 Å². The summed E-state index contributed by atoms with van der Waals surface area (Å²) in [5.41, 5.74) is 0.749. The van der Waals surface area contributed by atoms with Gasteiger partial charge in [0, 0.05) is 16.2 Å². The van der Waals surface area contributed by atoms with Gasteiger partial charge in [0.25, 0.3) is 0 Å². The number of phenolic OH excluding ortho intramolecular Hbond substituents is 1. The summed E-state index contributed by atoms with van der Waals surface area (Å²) in [5.74, 6) is 18.9. The van der Waals surface area contributed by atoms with Gasteiger partial charge in [-0.2, -0.15) is 4.39 Å². The van der Waals surface area contributed by atoms with E-state index in [9.17, 15) is 17.6 Å². The number of benzene rings is 2. The van der Waals surface area contributed by atoms with Crippen LogP contribution in [0.4, 0.5) is 17.6 Å². The lowest BCUT2D eigenvalue weighted by atomic mass is 9.50. The highest BCUT2D eigenvalue weighted by atomic mass is 19.2. The molecular formula is C48H52F4O. The van der Waals surface area contributed by atoms with Gasteiger partial charge in [0.05, 0.1) is 11.1 Å². The number of hydrogen-bond donors (Lipinski definition) is 1. The molecule has 0 saturated heterocycles. The second-order valence-corrected chi connectivity index (χ2v) is 19.6. The van der Waals surface area contributed by atoms with Gasteiger partial charge in [-0.1, -0.05) is 35.7 Å². The average molecular weight is 721 g/mol. The molecule has 12 aliphatic rings. The molecule has 12 aliphatic carbocycles. The molecule has 0 heterocycles. The minimum absolute atomic E-state index is 0.0234. The van der Waals surface area contributed by atoms with Crippen molar-refractivity contribution in [2.45, 2.75) is 116 Å². The van der Waals surface area contributed by atoms with Crippen LogP contribution in [0.5, 0.6) is 5.75 Å².